The lowest BCUT2D eigenvalue weighted by Gasteiger charge is -2.38. The fourth-order valence-electron chi connectivity index (χ4n) is 2.25. The fourth-order valence-corrected chi connectivity index (χ4v) is 3.61. The van der Waals surface area contributed by atoms with Crippen LogP contribution in [-0.4, -0.2) is 40.1 Å². The summed E-state index contributed by atoms with van der Waals surface area (Å²) in [4.78, 5) is 0. The molecule has 4 nitrogen and oxygen atoms in total. The van der Waals surface area contributed by atoms with Crippen LogP contribution in [-0.2, 0) is 15.7 Å². The van der Waals surface area contributed by atoms with Gasteiger partial charge in [-0.3, -0.25) is 0 Å². The summed E-state index contributed by atoms with van der Waals surface area (Å²) in [5.74, 6) is 0.814. The van der Waals surface area contributed by atoms with Crippen molar-refractivity contribution in [3.8, 4) is 5.75 Å². The molecule has 1 aliphatic rings. The van der Waals surface area contributed by atoms with Crippen LogP contribution in [0.25, 0.3) is 0 Å². The van der Waals surface area contributed by atoms with Crippen molar-refractivity contribution in [3.63, 3.8) is 0 Å². The molecule has 0 amide bonds. The predicted molar refractivity (Wildman–Crippen MR) is 81.2 cm³/mol. The first-order valence-corrected chi connectivity index (χ1v) is 7.94. The molecule has 0 aromatic heterocycles. The molecule has 5 heteroatoms. The predicted octanol–water partition coefficient (Wildman–Crippen LogP) is 2.53. The summed E-state index contributed by atoms with van der Waals surface area (Å²) in [7, 11) is 0.604. The van der Waals surface area contributed by atoms with Gasteiger partial charge in [0.15, 0.2) is 0 Å². The molecule has 1 aromatic rings. The van der Waals surface area contributed by atoms with Crippen molar-refractivity contribution >= 4 is 11.0 Å². The molecule has 20 heavy (non-hydrogen) atoms. The summed E-state index contributed by atoms with van der Waals surface area (Å²) < 4.78 is 25.3. The number of hydrogen-bond acceptors (Lipinski definition) is 3. The second-order valence-electron chi connectivity index (χ2n) is 5.87. The summed E-state index contributed by atoms with van der Waals surface area (Å²) in [5, 5.41) is 0. The zero-order valence-corrected chi connectivity index (χ0v) is 13.4. The number of rotatable bonds is 3. The maximum atomic E-state index is 12.7. The molecular weight excluding hydrogens is 274 g/mol. The van der Waals surface area contributed by atoms with Crippen LogP contribution < -0.4 is 4.74 Å². The van der Waals surface area contributed by atoms with E-state index < -0.39 is 11.0 Å². The van der Waals surface area contributed by atoms with Gasteiger partial charge in [-0.1, -0.05) is 12.1 Å². The number of methoxy groups -OCH3 is 1. The zero-order chi connectivity index (χ0) is 14.8. The van der Waals surface area contributed by atoms with Crippen molar-refractivity contribution in [1.82, 2.24) is 4.31 Å². The van der Waals surface area contributed by atoms with Gasteiger partial charge in [-0.05, 0) is 38.5 Å². The number of hydrogen-bond donors (Lipinski definition) is 0. The zero-order valence-electron chi connectivity index (χ0n) is 12.6. The SMILES string of the molecule is COc1cccc([C@@H]2COCCN2[S@](=O)C(C)(C)C)c1. The summed E-state index contributed by atoms with van der Waals surface area (Å²) in [6.07, 6.45) is 0. The van der Waals surface area contributed by atoms with Crippen molar-refractivity contribution in [2.75, 3.05) is 26.9 Å². The van der Waals surface area contributed by atoms with Crippen molar-refractivity contribution in [2.24, 2.45) is 0 Å². The van der Waals surface area contributed by atoms with Crippen LogP contribution >= 0.6 is 0 Å². The molecule has 0 radical (unpaired) electrons. The van der Waals surface area contributed by atoms with Gasteiger partial charge < -0.3 is 9.47 Å². The Balaban J connectivity index is 2.29. The molecule has 1 heterocycles. The van der Waals surface area contributed by atoms with E-state index in [0.717, 1.165) is 11.3 Å². The minimum Gasteiger partial charge on any atom is -0.497 e. The first kappa shape index (κ1) is 15.5. The highest BCUT2D eigenvalue weighted by Gasteiger charge is 2.34. The highest BCUT2D eigenvalue weighted by atomic mass is 32.2. The lowest BCUT2D eigenvalue weighted by atomic mass is 10.1. The van der Waals surface area contributed by atoms with Gasteiger partial charge in [0.05, 0.1) is 31.1 Å². The average Bonchev–Trinajstić information content (AvgIpc) is 2.45. The molecule has 2 rings (SSSR count). The standard InChI is InChI=1S/C15H23NO3S/c1-15(2,3)20(17)16-8-9-19-11-14(16)12-6-5-7-13(10-12)18-4/h5-7,10,14H,8-9,11H2,1-4H3/t14-,20+/m0/s1. The number of nitrogens with zero attached hydrogens (tertiary/aromatic N) is 1. The molecule has 0 saturated carbocycles. The normalized spacial score (nSPS) is 22.5. The second kappa shape index (κ2) is 6.24. The smallest absolute Gasteiger partial charge is 0.119 e. The Labute approximate surface area is 123 Å². The van der Waals surface area contributed by atoms with Gasteiger partial charge in [0.25, 0.3) is 0 Å². The van der Waals surface area contributed by atoms with Gasteiger partial charge in [-0.2, -0.15) is 0 Å². The van der Waals surface area contributed by atoms with E-state index >= 15 is 0 Å². The van der Waals surface area contributed by atoms with E-state index in [1.165, 1.54) is 0 Å². The Kier molecular flexibility index (Phi) is 4.83. The first-order chi connectivity index (χ1) is 9.43. The molecule has 0 aliphatic carbocycles. The molecule has 0 N–H and O–H groups in total. The van der Waals surface area contributed by atoms with Gasteiger partial charge in [0, 0.05) is 6.54 Å². The highest BCUT2D eigenvalue weighted by Crippen LogP contribution is 2.31. The summed E-state index contributed by atoms with van der Waals surface area (Å²) in [6.45, 7) is 7.88. The number of benzene rings is 1. The van der Waals surface area contributed by atoms with Crippen LogP contribution in [0, 0.1) is 0 Å². The van der Waals surface area contributed by atoms with Crippen LogP contribution in [0.1, 0.15) is 32.4 Å². The second-order valence-corrected chi connectivity index (χ2v) is 8.06. The van der Waals surface area contributed by atoms with Crippen LogP contribution in [0.3, 0.4) is 0 Å². The fraction of sp³-hybridized carbons (Fsp3) is 0.600. The van der Waals surface area contributed by atoms with Crippen LogP contribution in [0.5, 0.6) is 5.75 Å². The van der Waals surface area contributed by atoms with Crippen LogP contribution in [0.15, 0.2) is 24.3 Å². The molecule has 1 saturated heterocycles. The van der Waals surface area contributed by atoms with E-state index in [2.05, 4.69) is 0 Å². The Hall–Kier alpha value is -0.910. The van der Waals surface area contributed by atoms with E-state index in [0.29, 0.717) is 19.8 Å². The summed E-state index contributed by atoms with van der Waals surface area (Å²) in [5.41, 5.74) is 1.08. The Bertz CT molecular complexity index is 484. The summed E-state index contributed by atoms with van der Waals surface area (Å²) >= 11 is 0. The minimum atomic E-state index is -1.05. The minimum absolute atomic E-state index is 0.0129. The quantitative estimate of drug-likeness (QED) is 0.860. The van der Waals surface area contributed by atoms with Crippen molar-refractivity contribution < 1.29 is 13.7 Å². The third kappa shape index (κ3) is 3.40. The topological polar surface area (TPSA) is 38.8 Å². The molecule has 0 unspecified atom stereocenters. The molecule has 1 fully saturated rings. The first-order valence-electron chi connectivity index (χ1n) is 6.84. The van der Waals surface area contributed by atoms with Gasteiger partial charge in [-0.25, -0.2) is 8.51 Å². The number of morpholine rings is 1. The van der Waals surface area contributed by atoms with Gasteiger partial charge in [0.2, 0.25) is 0 Å². The van der Waals surface area contributed by atoms with Crippen molar-refractivity contribution in [2.45, 2.75) is 31.6 Å². The molecule has 112 valence electrons. The Morgan fingerprint density at radius 3 is 2.80 bits per heavy atom. The lowest BCUT2D eigenvalue weighted by Crippen LogP contribution is -2.46. The molecule has 0 spiro atoms. The maximum Gasteiger partial charge on any atom is 0.119 e. The highest BCUT2D eigenvalue weighted by molar-refractivity contribution is 7.84. The lowest BCUT2D eigenvalue weighted by molar-refractivity contribution is 0.0337. The molecule has 2 atom stereocenters. The average molecular weight is 297 g/mol. The van der Waals surface area contributed by atoms with Crippen molar-refractivity contribution in [3.05, 3.63) is 29.8 Å². The van der Waals surface area contributed by atoms with Crippen LogP contribution in [0.4, 0.5) is 0 Å². The van der Waals surface area contributed by atoms with E-state index in [1.807, 2.05) is 49.3 Å². The van der Waals surface area contributed by atoms with E-state index in [-0.39, 0.29) is 10.8 Å². The van der Waals surface area contributed by atoms with Gasteiger partial charge in [0.1, 0.15) is 16.7 Å². The van der Waals surface area contributed by atoms with E-state index in [9.17, 15) is 4.21 Å². The summed E-state index contributed by atoms with van der Waals surface area (Å²) in [6, 6.07) is 7.92. The van der Waals surface area contributed by atoms with E-state index in [1.54, 1.807) is 7.11 Å². The van der Waals surface area contributed by atoms with E-state index in [4.69, 9.17) is 9.47 Å². The van der Waals surface area contributed by atoms with Crippen LogP contribution in [0.2, 0.25) is 0 Å². The van der Waals surface area contributed by atoms with Gasteiger partial charge >= 0.3 is 0 Å². The largest absolute Gasteiger partial charge is 0.497 e. The Morgan fingerprint density at radius 1 is 1.40 bits per heavy atom. The molecular formula is C15H23NO3S. The Morgan fingerprint density at radius 2 is 2.15 bits per heavy atom. The van der Waals surface area contributed by atoms with Crippen molar-refractivity contribution in [1.29, 1.82) is 0 Å². The molecule has 0 bridgehead atoms. The third-order valence-corrected chi connectivity index (χ3v) is 5.21. The third-order valence-electron chi connectivity index (χ3n) is 3.29. The number of ether oxygens (including phenoxy) is 2. The molecule has 1 aliphatic heterocycles. The molecule has 1 aromatic carbocycles. The monoisotopic (exact) mass is 297 g/mol. The maximum absolute atomic E-state index is 12.7. The van der Waals surface area contributed by atoms with Gasteiger partial charge in [-0.15, -0.1) is 0 Å².